The Morgan fingerprint density at radius 3 is 2.78 bits per heavy atom. The van der Waals surface area contributed by atoms with E-state index in [4.69, 9.17) is 0 Å². The Bertz CT molecular complexity index is 711. The summed E-state index contributed by atoms with van der Waals surface area (Å²) in [5.74, 6) is 0.148. The molecule has 3 rings (SSSR count). The summed E-state index contributed by atoms with van der Waals surface area (Å²) in [5.41, 5.74) is 2.64. The maximum absolute atomic E-state index is 12.4. The van der Waals surface area contributed by atoms with E-state index in [1.54, 1.807) is 0 Å². The van der Waals surface area contributed by atoms with Crippen LogP contribution in [0.5, 0.6) is 0 Å². The van der Waals surface area contributed by atoms with E-state index in [0.717, 1.165) is 25.8 Å². The molecule has 23 heavy (non-hydrogen) atoms. The number of hydrogen-bond acceptors (Lipinski definition) is 1. The van der Waals surface area contributed by atoms with Crippen LogP contribution in [-0.4, -0.2) is 12.5 Å². The van der Waals surface area contributed by atoms with Crippen LogP contribution in [0.25, 0.3) is 10.8 Å². The lowest BCUT2D eigenvalue weighted by molar-refractivity contribution is -0.124. The monoisotopic (exact) mass is 307 g/mol. The normalized spacial score (nSPS) is 16.0. The van der Waals surface area contributed by atoms with Crippen molar-refractivity contribution in [2.45, 2.75) is 39.0 Å². The number of amides is 1. The quantitative estimate of drug-likeness (QED) is 0.801. The van der Waals surface area contributed by atoms with Crippen LogP contribution in [0, 0.1) is 5.92 Å². The topological polar surface area (TPSA) is 29.1 Å². The summed E-state index contributed by atoms with van der Waals surface area (Å²) in [5, 5.41) is 5.61. The molecule has 0 fully saturated rings. The molecule has 0 heterocycles. The molecule has 1 unspecified atom stereocenters. The summed E-state index contributed by atoms with van der Waals surface area (Å²) in [6.07, 6.45) is 7.92. The fourth-order valence-electron chi connectivity index (χ4n) is 3.33. The fraction of sp³-hybridized carbons (Fsp3) is 0.381. The van der Waals surface area contributed by atoms with Gasteiger partial charge in [-0.25, -0.2) is 0 Å². The SMILES string of the molecule is CC(Cc1cccc2ccccc12)C(=O)NCC1=CCCCC1. The van der Waals surface area contributed by atoms with E-state index in [-0.39, 0.29) is 11.8 Å². The van der Waals surface area contributed by atoms with Crippen molar-refractivity contribution in [3.8, 4) is 0 Å². The van der Waals surface area contributed by atoms with Gasteiger partial charge in [0, 0.05) is 12.5 Å². The molecule has 1 N–H and O–H groups in total. The maximum Gasteiger partial charge on any atom is 0.223 e. The van der Waals surface area contributed by atoms with Crippen LogP contribution in [-0.2, 0) is 11.2 Å². The number of carbonyl (C=O) groups excluding carboxylic acids is 1. The lowest BCUT2D eigenvalue weighted by atomic mass is 9.95. The molecular weight excluding hydrogens is 282 g/mol. The lowest BCUT2D eigenvalue weighted by Gasteiger charge is -2.16. The molecule has 0 radical (unpaired) electrons. The summed E-state index contributed by atoms with van der Waals surface area (Å²) < 4.78 is 0. The first-order chi connectivity index (χ1) is 11.2. The zero-order valence-corrected chi connectivity index (χ0v) is 13.8. The first-order valence-electron chi connectivity index (χ1n) is 8.66. The molecule has 2 nitrogen and oxygen atoms in total. The van der Waals surface area contributed by atoms with Crippen molar-refractivity contribution in [1.82, 2.24) is 5.32 Å². The van der Waals surface area contributed by atoms with Gasteiger partial charge in [-0.3, -0.25) is 4.79 Å². The van der Waals surface area contributed by atoms with Crippen LogP contribution in [0.3, 0.4) is 0 Å². The maximum atomic E-state index is 12.4. The zero-order chi connectivity index (χ0) is 16.1. The Morgan fingerprint density at radius 2 is 1.96 bits per heavy atom. The molecule has 0 saturated carbocycles. The number of nitrogens with one attached hydrogen (secondary N) is 1. The third-order valence-corrected chi connectivity index (χ3v) is 4.73. The van der Waals surface area contributed by atoms with Crippen LogP contribution in [0.1, 0.15) is 38.2 Å². The average molecular weight is 307 g/mol. The summed E-state index contributed by atoms with van der Waals surface area (Å²) in [7, 11) is 0. The first kappa shape index (κ1) is 15.8. The molecule has 1 atom stereocenters. The molecule has 0 saturated heterocycles. The Hall–Kier alpha value is -2.09. The van der Waals surface area contributed by atoms with Crippen molar-refractivity contribution >= 4 is 16.7 Å². The Morgan fingerprint density at radius 1 is 1.13 bits per heavy atom. The van der Waals surface area contributed by atoms with E-state index < -0.39 is 0 Å². The van der Waals surface area contributed by atoms with Gasteiger partial charge >= 0.3 is 0 Å². The van der Waals surface area contributed by atoms with Gasteiger partial charge in [-0.15, -0.1) is 0 Å². The van der Waals surface area contributed by atoms with Crippen molar-refractivity contribution in [1.29, 1.82) is 0 Å². The van der Waals surface area contributed by atoms with Crippen LogP contribution in [0.2, 0.25) is 0 Å². The molecule has 2 heteroatoms. The molecule has 2 aromatic rings. The summed E-state index contributed by atoms with van der Waals surface area (Å²) in [6, 6.07) is 14.7. The third-order valence-electron chi connectivity index (χ3n) is 4.73. The molecule has 1 amide bonds. The molecule has 0 aliphatic heterocycles. The van der Waals surface area contributed by atoms with Crippen LogP contribution in [0.15, 0.2) is 54.1 Å². The van der Waals surface area contributed by atoms with Crippen molar-refractivity contribution in [2.75, 3.05) is 6.54 Å². The van der Waals surface area contributed by atoms with Gasteiger partial charge in [-0.1, -0.05) is 61.0 Å². The molecular formula is C21H25NO. The number of carbonyl (C=O) groups is 1. The highest BCUT2D eigenvalue weighted by molar-refractivity contribution is 5.86. The summed E-state index contributed by atoms with van der Waals surface area (Å²) in [4.78, 5) is 12.4. The highest BCUT2D eigenvalue weighted by Crippen LogP contribution is 2.21. The Balaban J connectivity index is 1.62. The highest BCUT2D eigenvalue weighted by atomic mass is 16.1. The number of allylic oxidation sites excluding steroid dienone is 1. The van der Waals surface area contributed by atoms with Crippen molar-refractivity contribution in [2.24, 2.45) is 5.92 Å². The second-order valence-corrected chi connectivity index (χ2v) is 6.57. The van der Waals surface area contributed by atoms with E-state index in [1.165, 1.54) is 34.8 Å². The van der Waals surface area contributed by atoms with Crippen molar-refractivity contribution in [3.05, 3.63) is 59.7 Å². The van der Waals surface area contributed by atoms with Crippen LogP contribution >= 0.6 is 0 Å². The standard InChI is InChI=1S/C21H25NO/c1-16(21(23)22-15-17-8-3-2-4-9-17)14-19-12-7-11-18-10-5-6-13-20(18)19/h5-8,10-13,16H,2-4,9,14-15H2,1H3,(H,22,23). The molecule has 1 aliphatic carbocycles. The lowest BCUT2D eigenvalue weighted by Crippen LogP contribution is -2.32. The van der Waals surface area contributed by atoms with E-state index in [1.807, 2.05) is 6.92 Å². The second-order valence-electron chi connectivity index (χ2n) is 6.57. The van der Waals surface area contributed by atoms with Crippen LogP contribution < -0.4 is 5.32 Å². The first-order valence-corrected chi connectivity index (χ1v) is 8.66. The predicted molar refractivity (Wildman–Crippen MR) is 96.4 cm³/mol. The zero-order valence-electron chi connectivity index (χ0n) is 13.8. The van der Waals surface area contributed by atoms with Gasteiger partial charge < -0.3 is 5.32 Å². The fourth-order valence-corrected chi connectivity index (χ4v) is 3.33. The minimum absolute atomic E-state index is 0.00926. The molecule has 1 aliphatic rings. The van der Waals surface area contributed by atoms with Gasteiger partial charge in [-0.2, -0.15) is 0 Å². The summed E-state index contributed by atoms with van der Waals surface area (Å²) in [6.45, 7) is 2.74. The minimum atomic E-state index is -0.00926. The van der Waals surface area contributed by atoms with E-state index in [0.29, 0.717) is 0 Å². The van der Waals surface area contributed by atoms with E-state index in [2.05, 4.69) is 53.9 Å². The van der Waals surface area contributed by atoms with E-state index in [9.17, 15) is 4.79 Å². The van der Waals surface area contributed by atoms with Gasteiger partial charge in [0.1, 0.15) is 0 Å². The smallest absolute Gasteiger partial charge is 0.223 e. The third kappa shape index (κ3) is 4.01. The van der Waals surface area contributed by atoms with Gasteiger partial charge in [0.15, 0.2) is 0 Å². The number of hydrogen-bond donors (Lipinski definition) is 1. The van der Waals surface area contributed by atoms with Gasteiger partial charge in [0.2, 0.25) is 5.91 Å². The number of fused-ring (bicyclic) bond motifs is 1. The molecule has 2 aromatic carbocycles. The van der Waals surface area contributed by atoms with Crippen molar-refractivity contribution < 1.29 is 4.79 Å². The van der Waals surface area contributed by atoms with Crippen LogP contribution in [0.4, 0.5) is 0 Å². The average Bonchev–Trinajstić information content (AvgIpc) is 2.61. The summed E-state index contributed by atoms with van der Waals surface area (Å²) >= 11 is 0. The number of benzene rings is 2. The van der Waals surface area contributed by atoms with Crippen molar-refractivity contribution in [3.63, 3.8) is 0 Å². The molecule has 120 valence electrons. The minimum Gasteiger partial charge on any atom is -0.352 e. The largest absolute Gasteiger partial charge is 0.352 e. The second kappa shape index (κ2) is 7.45. The van der Waals surface area contributed by atoms with E-state index >= 15 is 0 Å². The molecule has 0 bridgehead atoms. The molecule has 0 aromatic heterocycles. The predicted octanol–water partition coefficient (Wildman–Crippen LogP) is 4.64. The van der Waals surface area contributed by atoms with Gasteiger partial charge in [-0.05, 0) is 48.4 Å². The van der Waals surface area contributed by atoms with Gasteiger partial charge in [0.05, 0.1) is 0 Å². The number of rotatable bonds is 5. The highest BCUT2D eigenvalue weighted by Gasteiger charge is 2.15. The Labute approximate surface area is 138 Å². The Kier molecular flexibility index (Phi) is 5.12. The molecule has 0 spiro atoms. The van der Waals surface area contributed by atoms with Gasteiger partial charge in [0.25, 0.3) is 0 Å².